The molecule has 0 aromatic carbocycles. The van der Waals surface area contributed by atoms with Crippen molar-refractivity contribution in [2.45, 2.75) is 32.7 Å². The van der Waals surface area contributed by atoms with E-state index in [4.69, 9.17) is 16.6 Å². The third kappa shape index (κ3) is 2.60. The topological polar surface area (TPSA) is 37.8 Å². The van der Waals surface area contributed by atoms with Gasteiger partial charge in [-0.05, 0) is 31.4 Å². The van der Waals surface area contributed by atoms with Crippen LogP contribution >= 0.6 is 22.9 Å². The lowest BCUT2D eigenvalue weighted by molar-refractivity contribution is 0.260. The first-order valence-corrected chi connectivity index (χ1v) is 8.02. The summed E-state index contributed by atoms with van der Waals surface area (Å²) in [6.07, 6.45) is 4.08. The van der Waals surface area contributed by atoms with Crippen molar-refractivity contribution in [3.8, 4) is 10.7 Å². The normalized spacial score (nSPS) is 20.7. The van der Waals surface area contributed by atoms with Crippen molar-refractivity contribution >= 4 is 22.9 Å². The van der Waals surface area contributed by atoms with E-state index in [0.29, 0.717) is 6.04 Å². The molecule has 20 heavy (non-hydrogen) atoms. The van der Waals surface area contributed by atoms with E-state index in [9.17, 15) is 0 Å². The molecular formula is C15H18ClN3S. The summed E-state index contributed by atoms with van der Waals surface area (Å²) in [7, 11) is 2.00. The maximum Gasteiger partial charge on any atom is 0.169 e. The van der Waals surface area contributed by atoms with E-state index < -0.39 is 0 Å². The van der Waals surface area contributed by atoms with Gasteiger partial charge in [0.2, 0.25) is 0 Å². The van der Waals surface area contributed by atoms with E-state index in [0.717, 1.165) is 34.3 Å². The molecule has 1 aliphatic carbocycles. The van der Waals surface area contributed by atoms with Crippen molar-refractivity contribution in [2.75, 3.05) is 7.05 Å². The average molecular weight is 308 g/mol. The summed E-state index contributed by atoms with van der Waals surface area (Å²) in [6.45, 7) is 4.59. The Kier molecular flexibility index (Phi) is 3.56. The van der Waals surface area contributed by atoms with Gasteiger partial charge in [0.1, 0.15) is 0 Å². The van der Waals surface area contributed by atoms with E-state index >= 15 is 0 Å². The minimum atomic E-state index is 0.263. The Morgan fingerprint density at radius 3 is 2.90 bits per heavy atom. The molecule has 5 heteroatoms. The van der Waals surface area contributed by atoms with Crippen LogP contribution in [0.25, 0.3) is 10.7 Å². The fourth-order valence-corrected chi connectivity index (χ4v) is 3.87. The standard InChI is InChI=1S/C15H18ClN3S/c1-15(2)5-11(17-3)10-7-18-14(19-12(10)6-15)13-4-9(16)8-20-13/h4,7-8,11,17H,5-6H2,1-3H3. The number of halogens is 1. The van der Waals surface area contributed by atoms with Gasteiger partial charge in [0.15, 0.2) is 5.82 Å². The summed E-state index contributed by atoms with van der Waals surface area (Å²) in [5, 5.41) is 6.05. The zero-order chi connectivity index (χ0) is 14.3. The summed E-state index contributed by atoms with van der Waals surface area (Å²) in [5.74, 6) is 0.785. The van der Waals surface area contributed by atoms with E-state index in [1.165, 1.54) is 5.56 Å². The fourth-order valence-electron chi connectivity index (χ4n) is 2.85. The Morgan fingerprint density at radius 2 is 2.25 bits per heavy atom. The lowest BCUT2D eigenvalue weighted by atomic mass is 9.74. The molecule has 3 rings (SSSR count). The number of fused-ring (bicyclic) bond motifs is 1. The van der Waals surface area contributed by atoms with Crippen LogP contribution in [0.15, 0.2) is 17.6 Å². The van der Waals surface area contributed by atoms with Gasteiger partial charge in [-0.25, -0.2) is 9.97 Å². The van der Waals surface area contributed by atoms with Crippen molar-refractivity contribution in [3.63, 3.8) is 0 Å². The van der Waals surface area contributed by atoms with E-state index in [2.05, 4.69) is 24.1 Å². The van der Waals surface area contributed by atoms with Crippen LogP contribution in [0.3, 0.4) is 0 Å². The molecule has 0 aliphatic heterocycles. The molecule has 0 saturated heterocycles. The highest BCUT2D eigenvalue weighted by Gasteiger charge is 2.32. The van der Waals surface area contributed by atoms with Crippen molar-refractivity contribution in [3.05, 3.63) is 33.9 Å². The van der Waals surface area contributed by atoms with Crippen LogP contribution < -0.4 is 5.32 Å². The van der Waals surface area contributed by atoms with Crippen LogP contribution in [0.1, 0.15) is 37.6 Å². The van der Waals surface area contributed by atoms with E-state index in [-0.39, 0.29) is 5.41 Å². The number of hydrogen-bond acceptors (Lipinski definition) is 4. The number of hydrogen-bond donors (Lipinski definition) is 1. The molecule has 2 heterocycles. The largest absolute Gasteiger partial charge is 0.313 e. The van der Waals surface area contributed by atoms with Crippen molar-refractivity contribution in [1.82, 2.24) is 15.3 Å². The molecular weight excluding hydrogens is 290 g/mol. The van der Waals surface area contributed by atoms with Crippen LogP contribution in [0.5, 0.6) is 0 Å². The minimum Gasteiger partial charge on any atom is -0.313 e. The quantitative estimate of drug-likeness (QED) is 0.908. The van der Waals surface area contributed by atoms with E-state index in [1.807, 2.05) is 24.7 Å². The maximum absolute atomic E-state index is 5.99. The molecule has 3 nitrogen and oxygen atoms in total. The molecule has 2 aromatic heterocycles. The highest BCUT2D eigenvalue weighted by Crippen LogP contribution is 2.40. The second-order valence-electron chi connectivity index (χ2n) is 6.11. The Hall–Kier alpha value is -0.970. The third-order valence-electron chi connectivity index (χ3n) is 3.81. The van der Waals surface area contributed by atoms with Crippen molar-refractivity contribution < 1.29 is 0 Å². The highest BCUT2D eigenvalue weighted by molar-refractivity contribution is 7.14. The molecule has 1 aliphatic rings. The lowest BCUT2D eigenvalue weighted by Crippen LogP contribution is -2.32. The van der Waals surface area contributed by atoms with Crippen LogP contribution in [-0.4, -0.2) is 17.0 Å². The molecule has 2 aromatic rings. The summed E-state index contributed by atoms with van der Waals surface area (Å²) in [6, 6.07) is 2.27. The van der Waals surface area contributed by atoms with Gasteiger partial charge in [-0.2, -0.15) is 0 Å². The molecule has 1 unspecified atom stereocenters. The minimum absolute atomic E-state index is 0.263. The molecule has 0 amide bonds. The molecule has 0 spiro atoms. The molecule has 1 atom stereocenters. The predicted molar refractivity (Wildman–Crippen MR) is 84.3 cm³/mol. The van der Waals surface area contributed by atoms with Crippen molar-refractivity contribution in [1.29, 1.82) is 0 Å². The van der Waals surface area contributed by atoms with Crippen molar-refractivity contribution in [2.24, 2.45) is 5.41 Å². The highest BCUT2D eigenvalue weighted by atomic mass is 35.5. The monoisotopic (exact) mass is 307 g/mol. The van der Waals surface area contributed by atoms with Gasteiger partial charge in [0.25, 0.3) is 0 Å². The second-order valence-corrected chi connectivity index (χ2v) is 7.46. The summed E-state index contributed by atoms with van der Waals surface area (Å²) in [5.41, 5.74) is 2.66. The molecule has 106 valence electrons. The van der Waals surface area contributed by atoms with Gasteiger partial charge in [0.05, 0.1) is 9.90 Å². The number of nitrogens with one attached hydrogen (secondary N) is 1. The van der Waals surface area contributed by atoms with Gasteiger partial charge in [-0.1, -0.05) is 25.4 Å². The fraction of sp³-hybridized carbons (Fsp3) is 0.467. The summed E-state index contributed by atoms with van der Waals surface area (Å²) in [4.78, 5) is 10.3. The van der Waals surface area contributed by atoms with Crippen LogP contribution in [0, 0.1) is 5.41 Å². The van der Waals surface area contributed by atoms with Gasteiger partial charge in [0, 0.05) is 28.9 Å². The zero-order valence-electron chi connectivity index (χ0n) is 11.9. The van der Waals surface area contributed by atoms with Gasteiger partial charge in [-0.3, -0.25) is 0 Å². The first kappa shape index (κ1) is 14.0. The van der Waals surface area contributed by atoms with Gasteiger partial charge in [-0.15, -0.1) is 11.3 Å². The number of thiophene rings is 1. The number of aromatic nitrogens is 2. The molecule has 0 saturated carbocycles. The Bertz CT molecular complexity index is 636. The Labute approximate surface area is 128 Å². The molecule has 0 radical (unpaired) electrons. The molecule has 0 bridgehead atoms. The number of rotatable bonds is 2. The van der Waals surface area contributed by atoms with Gasteiger partial charge >= 0.3 is 0 Å². The second kappa shape index (κ2) is 5.10. The molecule has 1 N–H and O–H groups in total. The summed E-state index contributed by atoms with van der Waals surface area (Å²) < 4.78 is 0. The average Bonchev–Trinajstić information content (AvgIpc) is 2.82. The smallest absolute Gasteiger partial charge is 0.169 e. The van der Waals surface area contributed by atoms with Crippen LogP contribution in [-0.2, 0) is 6.42 Å². The maximum atomic E-state index is 5.99. The SMILES string of the molecule is CNC1CC(C)(C)Cc2nc(-c3cc(Cl)cs3)ncc21. The molecule has 0 fully saturated rings. The third-order valence-corrected chi connectivity index (χ3v) is 5.09. The van der Waals surface area contributed by atoms with Gasteiger partial charge < -0.3 is 5.32 Å². The predicted octanol–water partition coefficient (Wildman–Crippen LogP) is 4.09. The first-order valence-electron chi connectivity index (χ1n) is 6.76. The van der Waals surface area contributed by atoms with Crippen LogP contribution in [0.4, 0.5) is 0 Å². The first-order chi connectivity index (χ1) is 9.48. The summed E-state index contributed by atoms with van der Waals surface area (Å²) >= 11 is 7.58. The van der Waals surface area contributed by atoms with Crippen LogP contribution in [0.2, 0.25) is 5.02 Å². The zero-order valence-corrected chi connectivity index (χ0v) is 13.5. The Balaban J connectivity index is 2.04. The van der Waals surface area contributed by atoms with E-state index in [1.54, 1.807) is 11.3 Å². The number of nitrogens with zero attached hydrogens (tertiary/aromatic N) is 2. The Morgan fingerprint density at radius 1 is 1.45 bits per heavy atom. The lowest BCUT2D eigenvalue weighted by Gasteiger charge is -2.36.